The van der Waals surface area contributed by atoms with E-state index in [9.17, 15) is 4.79 Å². The number of nitrogens with zero attached hydrogens (tertiary/aromatic N) is 1. The van der Waals surface area contributed by atoms with Crippen molar-refractivity contribution in [1.29, 1.82) is 0 Å². The summed E-state index contributed by atoms with van der Waals surface area (Å²) < 4.78 is 0. The molecular weight excluding hydrogens is 142 g/mol. The van der Waals surface area contributed by atoms with Crippen molar-refractivity contribution in [2.24, 2.45) is 0 Å². The van der Waals surface area contributed by atoms with Crippen molar-refractivity contribution in [3.8, 4) is 0 Å². The van der Waals surface area contributed by atoms with Gasteiger partial charge < -0.3 is 10.0 Å². The number of likely N-dealkylation sites (tertiary alicyclic amines) is 1. The third kappa shape index (κ3) is 0.988. The number of hydrogen-bond donors (Lipinski definition) is 1. The van der Waals surface area contributed by atoms with E-state index >= 15 is 0 Å². The van der Waals surface area contributed by atoms with Crippen molar-refractivity contribution >= 4 is 6.09 Å². The lowest BCUT2D eigenvalue weighted by molar-refractivity contribution is 0.0974. The van der Waals surface area contributed by atoms with Gasteiger partial charge in [0, 0.05) is 12.1 Å². The summed E-state index contributed by atoms with van der Waals surface area (Å²) in [6.45, 7) is 0.759. The molecule has 11 heavy (non-hydrogen) atoms. The van der Waals surface area contributed by atoms with Gasteiger partial charge in [-0.05, 0) is 32.1 Å². The Balaban J connectivity index is 2.10. The second kappa shape index (κ2) is 2.13. The summed E-state index contributed by atoms with van der Waals surface area (Å²) in [5.74, 6) is 0. The van der Waals surface area contributed by atoms with Gasteiger partial charge in [-0.2, -0.15) is 0 Å². The average molecular weight is 155 g/mol. The lowest BCUT2D eigenvalue weighted by atomic mass is 10.0. The number of carbonyl (C=O) groups is 1. The predicted octanol–water partition coefficient (Wildman–Crippen LogP) is 1.68. The van der Waals surface area contributed by atoms with Gasteiger partial charge in [0.1, 0.15) is 0 Å². The fraction of sp³-hybridized carbons (Fsp3) is 0.875. The molecule has 0 radical (unpaired) electrons. The first-order valence-electron chi connectivity index (χ1n) is 4.25. The third-order valence-corrected chi connectivity index (χ3v) is 2.90. The van der Waals surface area contributed by atoms with E-state index in [0.29, 0.717) is 0 Å². The van der Waals surface area contributed by atoms with Crippen LogP contribution in [0.5, 0.6) is 0 Å². The molecule has 3 nitrogen and oxygen atoms in total. The highest BCUT2D eigenvalue weighted by Gasteiger charge is 2.50. The van der Waals surface area contributed by atoms with Crippen LogP contribution >= 0.6 is 0 Å². The van der Waals surface area contributed by atoms with Crippen LogP contribution < -0.4 is 0 Å². The van der Waals surface area contributed by atoms with Gasteiger partial charge in [0.2, 0.25) is 0 Å². The van der Waals surface area contributed by atoms with E-state index in [4.69, 9.17) is 5.11 Å². The maximum Gasteiger partial charge on any atom is 0.407 e. The number of hydrogen-bond acceptors (Lipinski definition) is 1. The van der Waals surface area contributed by atoms with Gasteiger partial charge in [-0.1, -0.05) is 0 Å². The molecule has 1 saturated heterocycles. The first kappa shape index (κ1) is 6.95. The van der Waals surface area contributed by atoms with Crippen molar-refractivity contribution in [2.45, 2.75) is 37.6 Å². The van der Waals surface area contributed by atoms with Crippen LogP contribution in [0.15, 0.2) is 0 Å². The molecule has 2 fully saturated rings. The smallest absolute Gasteiger partial charge is 0.407 e. The van der Waals surface area contributed by atoms with Crippen molar-refractivity contribution in [3.63, 3.8) is 0 Å². The number of amides is 1. The highest BCUT2D eigenvalue weighted by atomic mass is 16.4. The van der Waals surface area contributed by atoms with E-state index in [1.165, 1.54) is 6.42 Å². The molecule has 0 aromatic rings. The van der Waals surface area contributed by atoms with E-state index in [1.54, 1.807) is 4.90 Å². The largest absolute Gasteiger partial charge is 0.465 e. The Bertz CT molecular complexity index is 187. The molecule has 2 aliphatic rings. The van der Waals surface area contributed by atoms with Crippen molar-refractivity contribution in [2.75, 3.05) is 6.54 Å². The summed E-state index contributed by atoms with van der Waals surface area (Å²) in [6.07, 6.45) is 4.83. The van der Waals surface area contributed by atoms with Crippen LogP contribution in [0, 0.1) is 0 Å². The maximum absolute atomic E-state index is 10.7. The Morgan fingerprint density at radius 1 is 1.27 bits per heavy atom. The predicted molar refractivity (Wildman–Crippen MR) is 40.5 cm³/mol. The molecule has 2 rings (SSSR count). The van der Waals surface area contributed by atoms with Crippen LogP contribution in [0.3, 0.4) is 0 Å². The van der Waals surface area contributed by atoms with Crippen LogP contribution in [0.2, 0.25) is 0 Å². The summed E-state index contributed by atoms with van der Waals surface area (Å²) in [4.78, 5) is 12.4. The molecule has 0 atom stereocenters. The zero-order valence-corrected chi connectivity index (χ0v) is 6.55. The molecule has 0 bridgehead atoms. The lowest BCUT2D eigenvalue weighted by Gasteiger charge is -2.33. The summed E-state index contributed by atoms with van der Waals surface area (Å²) in [5, 5.41) is 8.84. The monoisotopic (exact) mass is 155 g/mol. The van der Waals surface area contributed by atoms with E-state index in [0.717, 1.165) is 32.2 Å². The first-order chi connectivity index (χ1) is 5.25. The van der Waals surface area contributed by atoms with Gasteiger partial charge in [0.15, 0.2) is 0 Å². The van der Waals surface area contributed by atoms with E-state index in [1.807, 2.05) is 0 Å². The van der Waals surface area contributed by atoms with Crippen LogP contribution in [-0.2, 0) is 0 Å². The quantitative estimate of drug-likeness (QED) is 0.578. The van der Waals surface area contributed by atoms with E-state index < -0.39 is 6.09 Å². The van der Waals surface area contributed by atoms with Gasteiger partial charge >= 0.3 is 6.09 Å². The Kier molecular flexibility index (Phi) is 1.34. The molecule has 0 unspecified atom stereocenters. The molecule has 1 spiro atoms. The minimum absolute atomic E-state index is 0.101. The second-order valence-electron chi connectivity index (χ2n) is 3.62. The van der Waals surface area contributed by atoms with Crippen LogP contribution in [0.25, 0.3) is 0 Å². The molecule has 1 N–H and O–H groups in total. The number of carboxylic acid groups (broad SMARTS) is 1. The second-order valence-corrected chi connectivity index (χ2v) is 3.62. The lowest BCUT2D eigenvalue weighted by Crippen LogP contribution is -2.44. The van der Waals surface area contributed by atoms with Crippen LogP contribution in [0.1, 0.15) is 32.1 Å². The van der Waals surface area contributed by atoms with Crippen LogP contribution in [0.4, 0.5) is 4.79 Å². The molecule has 1 aliphatic heterocycles. The molecule has 0 aromatic carbocycles. The average Bonchev–Trinajstić information content (AvgIpc) is 2.70. The van der Waals surface area contributed by atoms with Crippen molar-refractivity contribution in [1.82, 2.24) is 4.90 Å². The van der Waals surface area contributed by atoms with Gasteiger partial charge in [-0.15, -0.1) is 0 Å². The van der Waals surface area contributed by atoms with Gasteiger partial charge in [-0.25, -0.2) is 4.79 Å². The van der Waals surface area contributed by atoms with Crippen molar-refractivity contribution in [3.05, 3.63) is 0 Å². The molecule has 3 heteroatoms. The zero-order chi connectivity index (χ0) is 7.90. The molecule has 1 saturated carbocycles. The van der Waals surface area contributed by atoms with E-state index in [2.05, 4.69) is 0 Å². The van der Waals surface area contributed by atoms with Gasteiger partial charge in [-0.3, -0.25) is 0 Å². The highest BCUT2D eigenvalue weighted by Crippen LogP contribution is 2.48. The number of piperidine rings is 1. The summed E-state index contributed by atoms with van der Waals surface area (Å²) in [5.41, 5.74) is 0.101. The summed E-state index contributed by atoms with van der Waals surface area (Å²) in [6, 6.07) is 0. The maximum atomic E-state index is 10.7. The Morgan fingerprint density at radius 2 is 2.00 bits per heavy atom. The zero-order valence-electron chi connectivity index (χ0n) is 6.55. The normalized spacial score (nSPS) is 27.1. The molecule has 0 aromatic heterocycles. The Hall–Kier alpha value is -0.730. The Morgan fingerprint density at radius 3 is 2.45 bits per heavy atom. The van der Waals surface area contributed by atoms with Gasteiger partial charge in [0.05, 0.1) is 0 Å². The van der Waals surface area contributed by atoms with Crippen LogP contribution in [-0.4, -0.2) is 28.2 Å². The minimum atomic E-state index is -0.720. The summed E-state index contributed by atoms with van der Waals surface area (Å²) in [7, 11) is 0. The molecule has 1 amide bonds. The topological polar surface area (TPSA) is 40.5 Å². The fourth-order valence-corrected chi connectivity index (χ4v) is 2.06. The highest BCUT2D eigenvalue weighted by molar-refractivity contribution is 5.67. The molecule has 1 heterocycles. The third-order valence-electron chi connectivity index (χ3n) is 2.90. The SMILES string of the molecule is O=C(O)N1CCCCC12CC2. The standard InChI is InChI=1S/C8H13NO2/c10-7(11)9-6-2-1-3-8(9)4-5-8/h1-6H2,(H,10,11). The summed E-state index contributed by atoms with van der Waals surface area (Å²) >= 11 is 0. The molecule has 62 valence electrons. The molecule has 1 aliphatic carbocycles. The molecular formula is C8H13NO2. The minimum Gasteiger partial charge on any atom is -0.465 e. The first-order valence-corrected chi connectivity index (χ1v) is 4.25. The Labute approximate surface area is 66.0 Å². The van der Waals surface area contributed by atoms with Gasteiger partial charge in [0.25, 0.3) is 0 Å². The fourth-order valence-electron chi connectivity index (χ4n) is 2.06. The number of rotatable bonds is 0. The van der Waals surface area contributed by atoms with E-state index in [-0.39, 0.29) is 5.54 Å². The van der Waals surface area contributed by atoms with Crippen molar-refractivity contribution < 1.29 is 9.90 Å².